The van der Waals surface area contributed by atoms with E-state index < -0.39 is 11.0 Å². The van der Waals surface area contributed by atoms with E-state index in [0.29, 0.717) is 18.8 Å². The van der Waals surface area contributed by atoms with E-state index in [1.807, 2.05) is 13.8 Å². The smallest absolute Gasteiger partial charge is 0.282 e. The van der Waals surface area contributed by atoms with Gasteiger partial charge in [-0.25, -0.2) is 0 Å². The molecule has 0 radical (unpaired) electrons. The summed E-state index contributed by atoms with van der Waals surface area (Å²) in [4.78, 5) is 37.0. The van der Waals surface area contributed by atoms with Crippen molar-refractivity contribution >= 4 is 23.2 Å². The largest absolute Gasteiger partial charge is 0.373 e. The Kier molecular flexibility index (Phi) is 5.95. The van der Waals surface area contributed by atoms with E-state index in [9.17, 15) is 19.7 Å². The van der Waals surface area contributed by atoms with Crippen LogP contribution in [0.15, 0.2) is 18.2 Å². The van der Waals surface area contributed by atoms with Crippen molar-refractivity contribution in [2.24, 2.45) is 5.92 Å². The summed E-state index contributed by atoms with van der Waals surface area (Å²) < 4.78 is 0. The minimum absolute atomic E-state index is 0.00729. The zero-order valence-corrected chi connectivity index (χ0v) is 14.7. The number of nitrogens with one attached hydrogen (secondary N) is 2. The molecule has 1 unspecified atom stereocenters. The number of carbonyl (C=O) groups excluding carboxylic acids is 2. The number of anilines is 1. The number of nitro benzene ring substituents is 1. The summed E-state index contributed by atoms with van der Waals surface area (Å²) in [5.74, 6) is -0.512. The third-order valence-corrected chi connectivity index (χ3v) is 4.33. The second-order valence-electron chi connectivity index (χ2n) is 6.47. The van der Waals surface area contributed by atoms with Crippen LogP contribution in [0.3, 0.4) is 0 Å². The van der Waals surface area contributed by atoms with Gasteiger partial charge < -0.3 is 15.5 Å². The summed E-state index contributed by atoms with van der Waals surface area (Å²) >= 11 is 0. The van der Waals surface area contributed by atoms with Crippen LogP contribution in [0, 0.1) is 16.0 Å². The first-order valence-corrected chi connectivity index (χ1v) is 8.41. The maximum Gasteiger partial charge on any atom is 0.282 e. The quantitative estimate of drug-likeness (QED) is 0.604. The van der Waals surface area contributed by atoms with Crippen LogP contribution >= 0.6 is 0 Å². The highest BCUT2D eigenvalue weighted by atomic mass is 16.6. The van der Waals surface area contributed by atoms with Crippen LogP contribution in [-0.2, 0) is 4.79 Å². The molecular formula is C17H24N4O4. The van der Waals surface area contributed by atoms with Crippen molar-refractivity contribution in [3.05, 3.63) is 33.9 Å². The number of nitrogens with zero attached hydrogens (tertiary/aromatic N) is 2. The molecule has 1 aliphatic heterocycles. The number of hydrogen-bond acceptors (Lipinski definition) is 5. The lowest BCUT2D eigenvalue weighted by Crippen LogP contribution is -2.41. The van der Waals surface area contributed by atoms with Crippen LogP contribution in [0.5, 0.6) is 0 Å². The normalized spacial score (nSPS) is 15.1. The second-order valence-corrected chi connectivity index (χ2v) is 6.47. The number of rotatable bonds is 6. The number of hydrogen-bond donors (Lipinski definition) is 2. The first-order valence-electron chi connectivity index (χ1n) is 8.41. The van der Waals surface area contributed by atoms with Gasteiger partial charge in [-0.2, -0.15) is 0 Å². The van der Waals surface area contributed by atoms with Gasteiger partial charge in [-0.1, -0.05) is 13.8 Å². The van der Waals surface area contributed by atoms with Crippen molar-refractivity contribution < 1.29 is 14.5 Å². The van der Waals surface area contributed by atoms with Crippen molar-refractivity contribution in [1.82, 2.24) is 10.2 Å². The average molecular weight is 348 g/mol. The van der Waals surface area contributed by atoms with Crippen molar-refractivity contribution in [3.8, 4) is 0 Å². The SMILES string of the molecule is CNC(=O)C(Nc1ccc([N+](=O)[O-])c(C(=O)N2CCCC2)c1)C(C)C. The Morgan fingerprint density at radius 1 is 1.24 bits per heavy atom. The Hall–Kier alpha value is -2.64. The molecule has 0 aliphatic carbocycles. The number of amides is 2. The molecule has 1 aromatic carbocycles. The molecule has 1 aromatic rings. The summed E-state index contributed by atoms with van der Waals surface area (Å²) in [6, 6.07) is 3.81. The van der Waals surface area contributed by atoms with Gasteiger partial charge in [-0.3, -0.25) is 19.7 Å². The maximum atomic E-state index is 12.6. The van der Waals surface area contributed by atoms with Crippen molar-refractivity contribution in [2.45, 2.75) is 32.7 Å². The first kappa shape index (κ1) is 18.7. The van der Waals surface area contributed by atoms with E-state index in [1.54, 1.807) is 11.9 Å². The second kappa shape index (κ2) is 7.96. The van der Waals surface area contributed by atoms with Crippen LogP contribution in [0.4, 0.5) is 11.4 Å². The first-order chi connectivity index (χ1) is 11.8. The highest BCUT2D eigenvalue weighted by molar-refractivity contribution is 5.99. The molecular weight excluding hydrogens is 324 g/mol. The molecule has 1 saturated heterocycles. The topological polar surface area (TPSA) is 105 Å². The summed E-state index contributed by atoms with van der Waals surface area (Å²) in [5.41, 5.74) is 0.343. The van der Waals surface area contributed by atoms with Gasteiger partial charge in [-0.15, -0.1) is 0 Å². The zero-order valence-electron chi connectivity index (χ0n) is 14.7. The molecule has 2 rings (SSSR count). The molecule has 1 aliphatic rings. The molecule has 0 bridgehead atoms. The van der Waals surface area contributed by atoms with Gasteiger partial charge >= 0.3 is 0 Å². The summed E-state index contributed by atoms with van der Waals surface area (Å²) in [5, 5.41) is 17.0. The van der Waals surface area contributed by atoms with Crippen LogP contribution < -0.4 is 10.6 Å². The third kappa shape index (κ3) is 4.26. The minimum Gasteiger partial charge on any atom is -0.373 e. The van der Waals surface area contributed by atoms with Crippen molar-refractivity contribution in [1.29, 1.82) is 0 Å². The average Bonchev–Trinajstić information content (AvgIpc) is 3.12. The maximum absolute atomic E-state index is 12.6. The highest BCUT2D eigenvalue weighted by Gasteiger charge is 2.28. The summed E-state index contributed by atoms with van der Waals surface area (Å²) in [6.07, 6.45) is 1.81. The minimum atomic E-state index is -0.550. The fourth-order valence-electron chi connectivity index (χ4n) is 2.92. The molecule has 2 amide bonds. The van der Waals surface area contributed by atoms with Gasteiger partial charge in [0.1, 0.15) is 11.6 Å². The van der Waals surface area contributed by atoms with Gasteiger partial charge in [0.15, 0.2) is 0 Å². The monoisotopic (exact) mass is 348 g/mol. The summed E-state index contributed by atoms with van der Waals surface area (Å²) in [6.45, 7) is 5.02. The zero-order chi connectivity index (χ0) is 18.6. The Morgan fingerprint density at radius 3 is 2.40 bits per heavy atom. The highest BCUT2D eigenvalue weighted by Crippen LogP contribution is 2.26. The van der Waals surface area contributed by atoms with Gasteiger partial charge in [0, 0.05) is 31.9 Å². The fraction of sp³-hybridized carbons (Fsp3) is 0.529. The van der Waals surface area contributed by atoms with Crippen molar-refractivity contribution in [2.75, 3.05) is 25.5 Å². The predicted molar refractivity (Wildman–Crippen MR) is 94.5 cm³/mol. The lowest BCUT2D eigenvalue weighted by molar-refractivity contribution is -0.385. The Labute approximate surface area is 146 Å². The molecule has 1 heterocycles. The van der Waals surface area contributed by atoms with Crippen LogP contribution in [0.2, 0.25) is 0 Å². The lowest BCUT2D eigenvalue weighted by Gasteiger charge is -2.22. The number of likely N-dealkylation sites (tertiary alicyclic amines) is 1. The molecule has 8 heteroatoms. The molecule has 0 aromatic heterocycles. The van der Waals surface area contributed by atoms with Gasteiger partial charge in [0.05, 0.1) is 4.92 Å². The van der Waals surface area contributed by atoms with Crippen molar-refractivity contribution in [3.63, 3.8) is 0 Å². The molecule has 0 spiro atoms. The summed E-state index contributed by atoms with van der Waals surface area (Å²) in [7, 11) is 1.55. The number of nitro groups is 1. The molecule has 136 valence electrons. The van der Waals surface area contributed by atoms with Crippen LogP contribution in [-0.4, -0.2) is 47.8 Å². The standard InChI is InChI=1S/C17H24N4O4/c1-11(2)15(16(22)18-3)19-12-6-7-14(21(24)25)13(10-12)17(23)20-8-4-5-9-20/h6-7,10-11,15,19H,4-5,8-9H2,1-3H3,(H,18,22). The van der Waals surface area contributed by atoms with Gasteiger partial charge in [0.25, 0.3) is 11.6 Å². The molecule has 2 N–H and O–H groups in total. The molecule has 1 atom stereocenters. The third-order valence-electron chi connectivity index (χ3n) is 4.33. The van der Waals surface area contributed by atoms with E-state index in [4.69, 9.17) is 0 Å². The number of benzene rings is 1. The van der Waals surface area contributed by atoms with E-state index in [2.05, 4.69) is 10.6 Å². The van der Waals surface area contributed by atoms with Gasteiger partial charge in [0.2, 0.25) is 5.91 Å². The Morgan fingerprint density at radius 2 is 1.88 bits per heavy atom. The van der Waals surface area contributed by atoms with Gasteiger partial charge in [-0.05, 0) is 30.9 Å². The van der Waals surface area contributed by atoms with E-state index in [0.717, 1.165) is 12.8 Å². The van der Waals surface area contributed by atoms with E-state index in [1.165, 1.54) is 18.2 Å². The van der Waals surface area contributed by atoms with Crippen LogP contribution in [0.25, 0.3) is 0 Å². The lowest BCUT2D eigenvalue weighted by atomic mass is 10.0. The predicted octanol–water partition coefficient (Wildman–Crippen LogP) is 2.01. The molecule has 8 nitrogen and oxygen atoms in total. The molecule has 1 fully saturated rings. The Bertz CT molecular complexity index is 669. The fourth-order valence-corrected chi connectivity index (χ4v) is 2.92. The number of likely N-dealkylation sites (N-methyl/N-ethyl adjacent to an activating group) is 1. The number of carbonyl (C=O) groups is 2. The van der Waals surface area contributed by atoms with Crippen LogP contribution in [0.1, 0.15) is 37.0 Å². The Balaban J connectivity index is 2.34. The molecule has 25 heavy (non-hydrogen) atoms. The molecule has 0 saturated carbocycles. The van der Waals surface area contributed by atoms with E-state index >= 15 is 0 Å². The van der Waals surface area contributed by atoms with E-state index in [-0.39, 0.29) is 29.0 Å².